The van der Waals surface area contributed by atoms with Crippen molar-refractivity contribution in [2.24, 2.45) is 0 Å². The monoisotopic (exact) mass is 158 g/mol. The highest BCUT2D eigenvalue weighted by molar-refractivity contribution is 4.88. The standard InChI is InChI=1S/C8H15FN2/c9-7-6-10-3-2-8(7)11-4-1-5-11/h7-8,10H,1-6H2/t7-,8+/m1/s1. The van der Waals surface area contributed by atoms with Crippen molar-refractivity contribution < 1.29 is 4.39 Å². The molecule has 2 atom stereocenters. The first-order valence-corrected chi connectivity index (χ1v) is 4.47. The lowest BCUT2D eigenvalue weighted by Gasteiger charge is -2.42. The van der Waals surface area contributed by atoms with Gasteiger partial charge in [-0.25, -0.2) is 4.39 Å². The Morgan fingerprint density at radius 1 is 1.36 bits per heavy atom. The van der Waals surface area contributed by atoms with Gasteiger partial charge >= 0.3 is 0 Å². The van der Waals surface area contributed by atoms with E-state index in [2.05, 4.69) is 10.2 Å². The van der Waals surface area contributed by atoms with Crippen molar-refractivity contribution in [2.45, 2.75) is 25.1 Å². The minimum atomic E-state index is -0.635. The number of halogens is 1. The number of likely N-dealkylation sites (tertiary alicyclic amines) is 1. The first kappa shape index (κ1) is 7.50. The molecule has 2 fully saturated rings. The molecule has 2 aliphatic heterocycles. The van der Waals surface area contributed by atoms with Gasteiger partial charge < -0.3 is 5.32 Å². The summed E-state index contributed by atoms with van der Waals surface area (Å²) in [5.74, 6) is 0. The maximum atomic E-state index is 13.2. The summed E-state index contributed by atoms with van der Waals surface area (Å²) in [5.41, 5.74) is 0. The number of hydrogen-bond donors (Lipinski definition) is 1. The maximum absolute atomic E-state index is 13.2. The Labute approximate surface area is 66.8 Å². The molecule has 1 N–H and O–H groups in total. The molecule has 0 unspecified atom stereocenters. The fourth-order valence-corrected chi connectivity index (χ4v) is 1.89. The zero-order chi connectivity index (χ0) is 7.68. The smallest absolute Gasteiger partial charge is 0.128 e. The number of piperidine rings is 1. The first-order valence-electron chi connectivity index (χ1n) is 4.47. The second-order valence-corrected chi connectivity index (χ2v) is 3.47. The normalized spacial score (nSPS) is 40.1. The van der Waals surface area contributed by atoms with Gasteiger partial charge in [-0.1, -0.05) is 0 Å². The van der Waals surface area contributed by atoms with Gasteiger partial charge in [-0.15, -0.1) is 0 Å². The van der Waals surface area contributed by atoms with Crippen LogP contribution in [0.25, 0.3) is 0 Å². The van der Waals surface area contributed by atoms with Crippen LogP contribution in [0.4, 0.5) is 4.39 Å². The van der Waals surface area contributed by atoms with E-state index in [1.165, 1.54) is 6.42 Å². The topological polar surface area (TPSA) is 15.3 Å². The predicted molar refractivity (Wildman–Crippen MR) is 42.4 cm³/mol. The van der Waals surface area contributed by atoms with E-state index < -0.39 is 6.17 Å². The van der Waals surface area contributed by atoms with E-state index in [4.69, 9.17) is 0 Å². The third kappa shape index (κ3) is 1.40. The van der Waals surface area contributed by atoms with Gasteiger partial charge in [0.15, 0.2) is 0 Å². The second-order valence-electron chi connectivity index (χ2n) is 3.47. The van der Waals surface area contributed by atoms with Gasteiger partial charge in [0.05, 0.1) is 0 Å². The molecule has 11 heavy (non-hydrogen) atoms. The molecule has 0 amide bonds. The van der Waals surface area contributed by atoms with E-state index in [1.54, 1.807) is 0 Å². The van der Waals surface area contributed by atoms with Crippen molar-refractivity contribution in [1.29, 1.82) is 0 Å². The Kier molecular flexibility index (Phi) is 2.09. The van der Waals surface area contributed by atoms with Crippen LogP contribution in [0.15, 0.2) is 0 Å². The predicted octanol–water partition coefficient (Wildman–Crippen LogP) is 0.392. The largest absolute Gasteiger partial charge is 0.314 e. The Balaban J connectivity index is 1.88. The number of alkyl halides is 1. The lowest BCUT2D eigenvalue weighted by Crippen LogP contribution is -2.55. The number of nitrogens with zero attached hydrogens (tertiary/aromatic N) is 1. The van der Waals surface area contributed by atoms with E-state index in [1.807, 2.05) is 0 Å². The highest BCUT2D eigenvalue weighted by atomic mass is 19.1. The number of nitrogens with one attached hydrogen (secondary N) is 1. The summed E-state index contributed by atoms with van der Waals surface area (Å²) in [5, 5.41) is 3.07. The SMILES string of the molecule is F[C@@H]1CNCC[C@@H]1N1CCC1. The average molecular weight is 158 g/mol. The summed E-state index contributed by atoms with van der Waals surface area (Å²) in [6.07, 6.45) is 1.61. The van der Waals surface area contributed by atoms with Crippen molar-refractivity contribution in [3.63, 3.8) is 0 Å². The van der Waals surface area contributed by atoms with Crippen LogP contribution in [-0.4, -0.2) is 43.3 Å². The minimum Gasteiger partial charge on any atom is -0.314 e. The quantitative estimate of drug-likeness (QED) is 0.594. The van der Waals surface area contributed by atoms with Crippen LogP contribution in [0.1, 0.15) is 12.8 Å². The zero-order valence-corrected chi connectivity index (χ0v) is 6.72. The van der Waals surface area contributed by atoms with Gasteiger partial charge in [0.2, 0.25) is 0 Å². The maximum Gasteiger partial charge on any atom is 0.128 e. The molecule has 3 heteroatoms. The summed E-state index contributed by atoms with van der Waals surface area (Å²) in [4.78, 5) is 2.27. The van der Waals surface area contributed by atoms with Gasteiger partial charge in [-0.3, -0.25) is 4.90 Å². The van der Waals surface area contributed by atoms with Crippen LogP contribution in [-0.2, 0) is 0 Å². The van der Waals surface area contributed by atoms with Crippen LogP contribution in [0, 0.1) is 0 Å². The Morgan fingerprint density at radius 2 is 2.18 bits per heavy atom. The lowest BCUT2D eigenvalue weighted by molar-refractivity contribution is 0.0404. The molecule has 0 saturated carbocycles. The molecule has 0 aromatic carbocycles. The van der Waals surface area contributed by atoms with Gasteiger partial charge in [-0.05, 0) is 32.5 Å². The number of hydrogen-bond acceptors (Lipinski definition) is 2. The van der Waals surface area contributed by atoms with Crippen LogP contribution < -0.4 is 5.32 Å². The molecule has 0 aromatic rings. The van der Waals surface area contributed by atoms with E-state index >= 15 is 0 Å². The zero-order valence-electron chi connectivity index (χ0n) is 6.72. The third-order valence-corrected chi connectivity index (χ3v) is 2.73. The van der Waals surface area contributed by atoms with E-state index in [0.29, 0.717) is 6.54 Å². The van der Waals surface area contributed by atoms with Crippen molar-refractivity contribution in [1.82, 2.24) is 10.2 Å². The molecule has 2 rings (SSSR count). The molecular formula is C8H15FN2. The van der Waals surface area contributed by atoms with Crippen molar-refractivity contribution >= 4 is 0 Å². The molecule has 2 aliphatic rings. The number of rotatable bonds is 1. The van der Waals surface area contributed by atoms with Crippen LogP contribution in [0.2, 0.25) is 0 Å². The third-order valence-electron chi connectivity index (χ3n) is 2.73. The van der Waals surface area contributed by atoms with Crippen molar-refractivity contribution in [3.05, 3.63) is 0 Å². The second kappa shape index (κ2) is 3.07. The van der Waals surface area contributed by atoms with E-state index in [-0.39, 0.29) is 6.04 Å². The van der Waals surface area contributed by atoms with Gasteiger partial charge in [0, 0.05) is 12.6 Å². The van der Waals surface area contributed by atoms with Crippen molar-refractivity contribution in [2.75, 3.05) is 26.2 Å². The van der Waals surface area contributed by atoms with Crippen LogP contribution in [0.5, 0.6) is 0 Å². The molecule has 0 aliphatic carbocycles. The Morgan fingerprint density at radius 3 is 2.73 bits per heavy atom. The highest BCUT2D eigenvalue weighted by Crippen LogP contribution is 2.20. The molecule has 2 heterocycles. The molecule has 64 valence electrons. The fourth-order valence-electron chi connectivity index (χ4n) is 1.89. The average Bonchev–Trinajstić information content (AvgIpc) is 1.90. The first-order chi connectivity index (χ1) is 5.38. The molecule has 0 bridgehead atoms. The molecule has 0 radical (unpaired) electrons. The summed E-state index contributed by atoms with van der Waals surface area (Å²) in [7, 11) is 0. The van der Waals surface area contributed by atoms with Crippen LogP contribution >= 0.6 is 0 Å². The Bertz CT molecular complexity index is 134. The van der Waals surface area contributed by atoms with Gasteiger partial charge in [0.25, 0.3) is 0 Å². The minimum absolute atomic E-state index is 0.227. The highest BCUT2D eigenvalue weighted by Gasteiger charge is 2.32. The molecule has 2 nitrogen and oxygen atoms in total. The fraction of sp³-hybridized carbons (Fsp3) is 1.00. The summed E-state index contributed by atoms with van der Waals surface area (Å²) >= 11 is 0. The molecule has 0 aromatic heterocycles. The van der Waals surface area contributed by atoms with Crippen molar-refractivity contribution in [3.8, 4) is 0 Å². The van der Waals surface area contributed by atoms with E-state index in [0.717, 1.165) is 26.1 Å². The summed E-state index contributed by atoms with van der Waals surface area (Å²) < 4.78 is 13.2. The molecule has 2 saturated heterocycles. The van der Waals surface area contributed by atoms with E-state index in [9.17, 15) is 4.39 Å². The van der Waals surface area contributed by atoms with Crippen LogP contribution in [0.3, 0.4) is 0 Å². The molecular weight excluding hydrogens is 143 g/mol. The molecule has 0 spiro atoms. The Hall–Kier alpha value is -0.150. The lowest BCUT2D eigenvalue weighted by atomic mass is 9.99. The van der Waals surface area contributed by atoms with Gasteiger partial charge in [-0.2, -0.15) is 0 Å². The van der Waals surface area contributed by atoms with Gasteiger partial charge in [0.1, 0.15) is 6.17 Å². The summed E-state index contributed by atoms with van der Waals surface area (Å²) in [6, 6.07) is 0.227. The summed E-state index contributed by atoms with van der Waals surface area (Å²) in [6.45, 7) is 3.78.